The molecule has 2 aromatic carbocycles. The Balaban J connectivity index is 1.42. The van der Waals surface area contributed by atoms with E-state index in [1.807, 2.05) is 6.92 Å². The number of nitrogens with zero attached hydrogens (tertiary/aromatic N) is 1. The van der Waals surface area contributed by atoms with Crippen LogP contribution in [0.3, 0.4) is 0 Å². The summed E-state index contributed by atoms with van der Waals surface area (Å²) in [7, 11) is 0. The van der Waals surface area contributed by atoms with Crippen molar-refractivity contribution < 1.29 is 18.4 Å². The van der Waals surface area contributed by atoms with Gasteiger partial charge in [0.05, 0.1) is 12.1 Å². The van der Waals surface area contributed by atoms with Gasteiger partial charge in [0, 0.05) is 24.0 Å². The first-order chi connectivity index (χ1) is 18.0. The van der Waals surface area contributed by atoms with Gasteiger partial charge < -0.3 is 11.1 Å². The molecule has 0 saturated carbocycles. The van der Waals surface area contributed by atoms with Crippen LogP contribution in [-0.2, 0) is 23.6 Å². The Morgan fingerprint density at radius 2 is 2.00 bits per heavy atom. The van der Waals surface area contributed by atoms with Crippen molar-refractivity contribution in [1.29, 1.82) is 0 Å². The Morgan fingerprint density at radius 1 is 1.21 bits per heavy atom. The number of unbranched alkanes of at least 4 members (excludes halogenated alkanes) is 1. The summed E-state index contributed by atoms with van der Waals surface area (Å²) in [4.78, 5) is 29.2. The van der Waals surface area contributed by atoms with Crippen LogP contribution in [0.4, 0.5) is 8.78 Å². The maximum atomic E-state index is 14.0. The molecule has 0 spiro atoms. The first-order valence-corrected chi connectivity index (χ1v) is 13.6. The third kappa shape index (κ3) is 6.77. The van der Waals surface area contributed by atoms with Gasteiger partial charge in [-0.2, -0.15) is 0 Å². The summed E-state index contributed by atoms with van der Waals surface area (Å²) in [6, 6.07) is 10.7. The molecule has 204 valence electrons. The molecule has 1 aliphatic carbocycles. The van der Waals surface area contributed by atoms with Crippen LogP contribution in [0.2, 0.25) is 0 Å². The van der Waals surface area contributed by atoms with E-state index in [1.165, 1.54) is 17.7 Å². The number of benzene rings is 2. The molecule has 2 aliphatic rings. The maximum Gasteiger partial charge on any atom is 0.273 e. The number of aryl methyl sites for hydroxylation is 3. The second-order valence-electron chi connectivity index (χ2n) is 11.1. The zero-order valence-corrected chi connectivity index (χ0v) is 22.4. The highest BCUT2D eigenvalue weighted by Gasteiger charge is 2.39. The van der Waals surface area contributed by atoms with Crippen LogP contribution in [0.5, 0.6) is 0 Å². The Morgan fingerprint density at radius 3 is 2.74 bits per heavy atom. The Hall–Kier alpha value is -3.29. The predicted octanol–water partition coefficient (Wildman–Crippen LogP) is 5.47. The molecule has 4 N–H and O–H groups in total. The van der Waals surface area contributed by atoms with E-state index in [0.29, 0.717) is 23.5 Å². The lowest BCUT2D eigenvalue weighted by molar-refractivity contribution is -0.120. The quantitative estimate of drug-likeness (QED) is 0.360. The first kappa shape index (κ1) is 27.7. The lowest BCUT2D eigenvalue weighted by atomic mass is 9.91. The fourth-order valence-corrected chi connectivity index (χ4v) is 5.48. The number of amides is 2. The van der Waals surface area contributed by atoms with Gasteiger partial charge in [0.1, 0.15) is 0 Å². The van der Waals surface area contributed by atoms with Crippen LogP contribution < -0.4 is 16.4 Å². The summed E-state index contributed by atoms with van der Waals surface area (Å²) in [6.45, 7) is 6.29. The van der Waals surface area contributed by atoms with E-state index >= 15 is 0 Å². The van der Waals surface area contributed by atoms with E-state index in [2.05, 4.69) is 47.7 Å². The summed E-state index contributed by atoms with van der Waals surface area (Å²) >= 11 is 0. The number of carbonyl (C=O) groups excluding carboxylic acids is 2. The third-order valence-electron chi connectivity index (χ3n) is 7.46. The molecule has 38 heavy (non-hydrogen) atoms. The second kappa shape index (κ2) is 11.6. The van der Waals surface area contributed by atoms with Gasteiger partial charge in [-0.15, -0.1) is 0 Å². The van der Waals surface area contributed by atoms with Gasteiger partial charge in [0.25, 0.3) is 11.8 Å². The average Bonchev–Trinajstić information content (AvgIpc) is 3.15. The van der Waals surface area contributed by atoms with Crippen LogP contribution in [0.25, 0.3) is 0 Å². The van der Waals surface area contributed by atoms with Crippen LogP contribution in [0.1, 0.15) is 96.6 Å². The Kier molecular flexibility index (Phi) is 8.48. The zero-order chi connectivity index (χ0) is 27.4. The molecular weight excluding hydrogens is 486 g/mol. The fourth-order valence-electron chi connectivity index (χ4n) is 5.48. The van der Waals surface area contributed by atoms with Gasteiger partial charge in [-0.3, -0.25) is 14.9 Å². The van der Waals surface area contributed by atoms with Gasteiger partial charge in [0.2, 0.25) is 5.91 Å². The fraction of sp³-hybridized carbons (Fsp3) is 0.500. The molecule has 1 heterocycles. The van der Waals surface area contributed by atoms with Gasteiger partial charge >= 0.3 is 0 Å². The summed E-state index contributed by atoms with van der Waals surface area (Å²) < 4.78 is 28.1. The number of rotatable bonds is 10. The SMILES string of the molecule is Cc1ccc(CCCCC2CC(=O)NC(N)=N2)cc1C(CC(C)C)NC(=O)c1ccc2c(c1)CCC2(F)F. The van der Waals surface area contributed by atoms with Crippen LogP contribution in [0.15, 0.2) is 41.4 Å². The molecule has 0 saturated heterocycles. The van der Waals surface area contributed by atoms with Crippen LogP contribution in [-0.4, -0.2) is 23.8 Å². The van der Waals surface area contributed by atoms with E-state index in [4.69, 9.17) is 5.73 Å². The van der Waals surface area contributed by atoms with E-state index in [1.54, 1.807) is 6.07 Å². The number of hydrogen-bond acceptors (Lipinski definition) is 4. The first-order valence-electron chi connectivity index (χ1n) is 13.6. The number of halogens is 2. The van der Waals surface area contributed by atoms with E-state index < -0.39 is 5.92 Å². The lowest BCUT2D eigenvalue weighted by Crippen LogP contribution is -2.43. The number of aliphatic imine (C=N–C) groups is 1. The highest BCUT2D eigenvalue weighted by molar-refractivity contribution is 5.98. The molecule has 2 atom stereocenters. The monoisotopic (exact) mass is 524 g/mol. The minimum atomic E-state index is -2.81. The van der Waals surface area contributed by atoms with Gasteiger partial charge in [-0.25, -0.2) is 13.8 Å². The number of carbonyl (C=O) groups is 2. The smallest absolute Gasteiger partial charge is 0.273 e. The molecule has 2 amide bonds. The minimum absolute atomic E-state index is 0.0401. The van der Waals surface area contributed by atoms with Crippen molar-refractivity contribution >= 4 is 17.8 Å². The van der Waals surface area contributed by atoms with Crippen molar-refractivity contribution in [3.8, 4) is 0 Å². The van der Waals surface area contributed by atoms with Crippen molar-refractivity contribution in [2.75, 3.05) is 0 Å². The minimum Gasteiger partial charge on any atom is -0.370 e. The van der Waals surface area contributed by atoms with Crippen molar-refractivity contribution in [1.82, 2.24) is 10.6 Å². The normalized spacial score (nSPS) is 19.1. The van der Waals surface area contributed by atoms with Crippen LogP contribution >= 0.6 is 0 Å². The number of nitrogens with two attached hydrogens (primary N) is 1. The largest absolute Gasteiger partial charge is 0.370 e. The van der Waals surface area contributed by atoms with Gasteiger partial charge in [-0.1, -0.05) is 44.5 Å². The molecular formula is C30H38F2N4O2. The number of fused-ring (bicyclic) bond motifs is 1. The lowest BCUT2D eigenvalue weighted by Gasteiger charge is -2.24. The average molecular weight is 525 g/mol. The molecule has 2 aromatic rings. The van der Waals surface area contributed by atoms with E-state index in [9.17, 15) is 18.4 Å². The second-order valence-corrected chi connectivity index (χ2v) is 11.1. The summed E-state index contributed by atoms with van der Waals surface area (Å²) in [5, 5.41) is 5.72. The highest BCUT2D eigenvalue weighted by atomic mass is 19.3. The Bertz CT molecular complexity index is 1220. The number of nitrogens with one attached hydrogen (secondary N) is 2. The molecule has 8 heteroatoms. The molecule has 0 fully saturated rings. The highest BCUT2D eigenvalue weighted by Crippen LogP contribution is 2.41. The van der Waals surface area contributed by atoms with Crippen LogP contribution in [0, 0.1) is 12.8 Å². The maximum absolute atomic E-state index is 14.0. The molecule has 2 unspecified atom stereocenters. The summed E-state index contributed by atoms with van der Waals surface area (Å²) in [5.41, 5.74) is 10.1. The van der Waals surface area contributed by atoms with Gasteiger partial charge in [0.15, 0.2) is 5.96 Å². The van der Waals surface area contributed by atoms with E-state index in [0.717, 1.165) is 43.2 Å². The van der Waals surface area contributed by atoms with E-state index in [-0.39, 0.29) is 48.3 Å². The topological polar surface area (TPSA) is 96.6 Å². The van der Waals surface area contributed by atoms with Crippen molar-refractivity contribution in [3.63, 3.8) is 0 Å². The molecule has 0 bridgehead atoms. The third-order valence-corrected chi connectivity index (χ3v) is 7.46. The van der Waals surface area contributed by atoms with Gasteiger partial charge in [-0.05, 0) is 79.3 Å². The molecule has 1 aliphatic heterocycles. The number of guanidine groups is 1. The number of hydrogen-bond donors (Lipinski definition) is 3. The predicted molar refractivity (Wildman–Crippen MR) is 145 cm³/mol. The zero-order valence-electron chi connectivity index (χ0n) is 22.4. The van der Waals surface area contributed by atoms with Crippen molar-refractivity contribution in [3.05, 3.63) is 69.8 Å². The molecule has 0 aromatic heterocycles. The van der Waals surface area contributed by atoms with Crippen molar-refractivity contribution in [2.45, 2.75) is 90.1 Å². The van der Waals surface area contributed by atoms with Crippen molar-refractivity contribution in [2.24, 2.45) is 16.6 Å². The Labute approximate surface area is 223 Å². The summed E-state index contributed by atoms with van der Waals surface area (Å²) in [6.07, 6.45) is 4.80. The molecule has 0 radical (unpaired) electrons. The number of alkyl halides is 2. The molecule has 4 rings (SSSR count). The standard InChI is InChI=1S/C30H38F2N4O2/c1-18(2)14-26(35-28(38)22-10-11-25-21(16-22)12-13-30(25,31)32)24-15-20(9-8-19(24)3)6-4-5-7-23-17-27(37)36-29(33)34-23/h8-11,15-16,18,23,26H,4-7,12-14,17H2,1-3H3,(H,35,38)(H3,33,34,36,37). The molecule has 6 nitrogen and oxygen atoms in total. The summed E-state index contributed by atoms with van der Waals surface area (Å²) in [5.74, 6) is -2.59.